The smallest absolute Gasteiger partial charge is 0.311 e. The molecule has 0 aliphatic rings. The Kier molecular flexibility index (Phi) is 8.16. The van der Waals surface area contributed by atoms with Crippen LogP contribution in [-0.2, 0) is 30.8 Å². The van der Waals surface area contributed by atoms with E-state index in [9.17, 15) is 18.0 Å². The molecule has 1 aromatic carbocycles. The molecule has 7 nitrogen and oxygen atoms in total. The summed E-state index contributed by atoms with van der Waals surface area (Å²) < 4.78 is 32.0. The number of thiophene rings is 1. The molecule has 0 bridgehead atoms. The molecule has 152 valence electrons. The van der Waals surface area contributed by atoms with Crippen LogP contribution in [0, 0.1) is 5.92 Å². The number of nitrogens with one attached hydrogen (secondary N) is 2. The molecular formula is C19H24N2O5S2. The molecule has 1 aromatic heterocycles. The van der Waals surface area contributed by atoms with Gasteiger partial charge in [0.05, 0.1) is 18.6 Å². The zero-order valence-electron chi connectivity index (χ0n) is 15.8. The van der Waals surface area contributed by atoms with E-state index in [0.29, 0.717) is 6.42 Å². The average Bonchev–Trinajstić information content (AvgIpc) is 3.21. The van der Waals surface area contributed by atoms with E-state index in [1.807, 2.05) is 30.3 Å². The van der Waals surface area contributed by atoms with E-state index < -0.39 is 33.9 Å². The highest BCUT2D eigenvalue weighted by atomic mass is 32.2. The lowest BCUT2D eigenvalue weighted by atomic mass is 9.99. The fraction of sp³-hybridized carbons (Fsp3) is 0.368. The van der Waals surface area contributed by atoms with Gasteiger partial charge >= 0.3 is 5.97 Å². The maximum atomic E-state index is 12.3. The van der Waals surface area contributed by atoms with Crippen LogP contribution in [-0.4, -0.2) is 39.5 Å². The van der Waals surface area contributed by atoms with Crippen molar-refractivity contribution in [2.24, 2.45) is 5.92 Å². The highest BCUT2D eigenvalue weighted by Crippen LogP contribution is 2.16. The fourth-order valence-corrected chi connectivity index (χ4v) is 4.75. The Morgan fingerprint density at radius 1 is 1.14 bits per heavy atom. The van der Waals surface area contributed by atoms with E-state index in [4.69, 9.17) is 4.74 Å². The minimum Gasteiger partial charge on any atom is -0.466 e. The molecule has 2 unspecified atom stereocenters. The quantitative estimate of drug-likeness (QED) is 0.568. The van der Waals surface area contributed by atoms with Gasteiger partial charge in [-0.25, -0.2) is 8.42 Å². The molecule has 0 saturated carbocycles. The van der Waals surface area contributed by atoms with Crippen LogP contribution < -0.4 is 10.0 Å². The zero-order chi connectivity index (χ0) is 20.6. The molecule has 1 heterocycles. The van der Waals surface area contributed by atoms with E-state index in [2.05, 4.69) is 10.0 Å². The third-order valence-corrected chi connectivity index (χ3v) is 6.89. The number of benzene rings is 1. The highest BCUT2D eigenvalue weighted by Gasteiger charge is 2.25. The first-order valence-electron chi connectivity index (χ1n) is 8.87. The molecule has 28 heavy (non-hydrogen) atoms. The van der Waals surface area contributed by atoms with Crippen molar-refractivity contribution in [3.05, 3.63) is 53.4 Å². The molecule has 9 heteroatoms. The predicted molar refractivity (Wildman–Crippen MR) is 107 cm³/mol. The van der Waals surface area contributed by atoms with E-state index in [1.165, 1.54) is 13.0 Å². The maximum Gasteiger partial charge on any atom is 0.311 e. The molecule has 0 spiro atoms. The summed E-state index contributed by atoms with van der Waals surface area (Å²) in [4.78, 5) is 24.6. The third-order valence-electron chi connectivity index (χ3n) is 3.95. The monoisotopic (exact) mass is 424 g/mol. The highest BCUT2D eigenvalue weighted by molar-refractivity contribution is 7.91. The van der Waals surface area contributed by atoms with Crippen molar-refractivity contribution in [2.75, 3.05) is 13.2 Å². The molecule has 0 radical (unpaired) electrons. The third kappa shape index (κ3) is 6.43. The van der Waals surface area contributed by atoms with Gasteiger partial charge in [0.2, 0.25) is 5.91 Å². The number of rotatable bonds is 10. The Labute approximate surface area is 169 Å². The first-order chi connectivity index (χ1) is 13.3. The van der Waals surface area contributed by atoms with Crippen molar-refractivity contribution in [2.45, 2.75) is 30.5 Å². The Morgan fingerprint density at radius 3 is 2.46 bits per heavy atom. The summed E-state index contributed by atoms with van der Waals surface area (Å²) >= 11 is 1.07. The van der Waals surface area contributed by atoms with E-state index in [0.717, 1.165) is 16.9 Å². The van der Waals surface area contributed by atoms with Gasteiger partial charge in [0, 0.05) is 6.54 Å². The number of hydrogen-bond donors (Lipinski definition) is 2. The molecule has 2 aromatic rings. The van der Waals surface area contributed by atoms with Crippen LogP contribution in [0.2, 0.25) is 0 Å². The second kappa shape index (κ2) is 10.4. The van der Waals surface area contributed by atoms with Gasteiger partial charge in [-0.3, -0.25) is 9.59 Å². The minimum absolute atomic E-state index is 0.0532. The Hall–Kier alpha value is -2.23. The van der Waals surface area contributed by atoms with Gasteiger partial charge in [-0.2, -0.15) is 4.72 Å². The second-order valence-electron chi connectivity index (χ2n) is 6.16. The summed E-state index contributed by atoms with van der Waals surface area (Å²) in [5.74, 6) is -1.48. The van der Waals surface area contributed by atoms with Crippen molar-refractivity contribution in [1.29, 1.82) is 0 Å². The van der Waals surface area contributed by atoms with Gasteiger partial charge in [-0.1, -0.05) is 36.4 Å². The average molecular weight is 425 g/mol. The van der Waals surface area contributed by atoms with Crippen molar-refractivity contribution in [3.8, 4) is 0 Å². The molecule has 0 saturated heterocycles. The zero-order valence-corrected chi connectivity index (χ0v) is 17.4. The summed E-state index contributed by atoms with van der Waals surface area (Å²) in [7, 11) is -3.76. The Morgan fingerprint density at radius 2 is 1.86 bits per heavy atom. The summed E-state index contributed by atoms with van der Waals surface area (Å²) in [6.07, 6.45) is 0.412. The van der Waals surface area contributed by atoms with Crippen molar-refractivity contribution in [3.63, 3.8) is 0 Å². The molecule has 0 aliphatic carbocycles. The van der Waals surface area contributed by atoms with Crippen molar-refractivity contribution in [1.82, 2.24) is 10.0 Å². The number of carbonyl (C=O) groups is 2. The maximum absolute atomic E-state index is 12.3. The van der Waals surface area contributed by atoms with Crippen LogP contribution in [0.4, 0.5) is 0 Å². The number of sulfonamides is 1. The lowest BCUT2D eigenvalue weighted by molar-refractivity contribution is -0.147. The SMILES string of the molecule is CCOC(=O)C(CNC(=O)C(C)NS(=O)(=O)c1cccs1)Cc1ccccc1. The first kappa shape index (κ1) is 22.1. The lowest BCUT2D eigenvalue weighted by Crippen LogP contribution is -2.46. The number of esters is 1. The topological polar surface area (TPSA) is 102 Å². The standard InChI is InChI=1S/C19H24N2O5S2/c1-3-26-19(23)16(12-15-8-5-4-6-9-15)13-20-18(22)14(2)21-28(24,25)17-10-7-11-27-17/h4-11,14,16,21H,3,12-13H2,1-2H3,(H,20,22). The number of hydrogen-bond acceptors (Lipinski definition) is 6. The predicted octanol–water partition coefficient (Wildman–Crippen LogP) is 1.95. The summed E-state index contributed by atoms with van der Waals surface area (Å²) in [5.41, 5.74) is 0.946. The van der Waals surface area contributed by atoms with Crippen LogP contribution >= 0.6 is 11.3 Å². The van der Waals surface area contributed by atoms with Gasteiger partial charge in [0.1, 0.15) is 4.21 Å². The Balaban J connectivity index is 1.96. The van der Waals surface area contributed by atoms with E-state index in [1.54, 1.807) is 18.4 Å². The van der Waals surface area contributed by atoms with Crippen LogP contribution in [0.3, 0.4) is 0 Å². The number of ether oxygens (including phenoxy) is 1. The lowest BCUT2D eigenvalue weighted by Gasteiger charge is -2.18. The molecular weight excluding hydrogens is 400 g/mol. The summed E-state index contributed by atoms with van der Waals surface area (Å²) in [5, 5.41) is 4.29. The van der Waals surface area contributed by atoms with Crippen molar-refractivity contribution < 1.29 is 22.7 Å². The molecule has 1 amide bonds. The van der Waals surface area contributed by atoms with E-state index in [-0.39, 0.29) is 17.4 Å². The van der Waals surface area contributed by atoms with Crippen LogP contribution in [0.5, 0.6) is 0 Å². The molecule has 2 atom stereocenters. The van der Waals surface area contributed by atoms with Gasteiger partial charge in [-0.05, 0) is 37.3 Å². The van der Waals surface area contributed by atoms with Crippen LogP contribution in [0.25, 0.3) is 0 Å². The normalized spacial score (nSPS) is 13.5. The summed E-state index contributed by atoms with van der Waals surface area (Å²) in [6, 6.07) is 11.5. The van der Waals surface area contributed by atoms with Gasteiger partial charge in [0.25, 0.3) is 10.0 Å². The second-order valence-corrected chi connectivity index (χ2v) is 9.05. The van der Waals surface area contributed by atoms with Gasteiger partial charge in [-0.15, -0.1) is 11.3 Å². The summed E-state index contributed by atoms with van der Waals surface area (Å²) in [6.45, 7) is 3.47. The molecule has 2 N–H and O–H groups in total. The largest absolute Gasteiger partial charge is 0.466 e. The minimum atomic E-state index is -3.76. The van der Waals surface area contributed by atoms with E-state index >= 15 is 0 Å². The molecule has 0 fully saturated rings. The number of amides is 1. The van der Waals surface area contributed by atoms with Crippen molar-refractivity contribution >= 4 is 33.2 Å². The number of carbonyl (C=O) groups excluding carboxylic acids is 2. The van der Waals surface area contributed by atoms with Crippen LogP contribution in [0.1, 0.15) is 19.4 Å². The molecule has 0 aliphatic heterocycles. The first-order valence-corrected chi connectivity index (χ1v) is 11.2. The fourth-order valence-electron chi connectivity index (χ4n) is 2.54. The van der Waals surface area contributed by atoms with Crippen LogP contribution in [0.15, 0.2) is 52.1 Å². The Bertz CT molecular complexity index is 867. The van der Waals surface area contributed by atoms with Gasteiger partial charge < -0.3 is 10.1 Å². The van der Waals surface area contributed by atoms with Gasteiger partial charge in [0.15, 0.2) is 0 Å². The molecule has 2 rings (SSSR count).